The van der Waals surface area contributed by atoms with Crippen molar-refractivity contribution in [3.63, 3.8) is 0 Å². The lowest BCUT2D eigenvalue weighted by molar-refractivity contribution is -0.122. The third kappa shape index (κ3) is 5.28. The maximum atomic E-state index is 10.5. The van der Waals surface area contributed by atoms with E-state index in [1.54, 1.807) is 12.4 Å². The Hall–Kier alpha value is -1.73. The predicted octanol–water partition coefficient (Wildman–Crippen LogP) is -0.642. The van der Waals surface area contributed by atoms with Gasteiger partial charge in [0.15, 0.2) is 0 Å². The zero-order valence-electron chi connectivity index (χ0n) is 12.3. The average Bonchev–Trinajstić information content (AvgIpc) is 2.58. The summed E-state index contributed by atoms with van der Waals surface area (Å²) in [6.45, 7) is 5.94. The van der Waals surface area contributed by atoms with Gasteiger partial charge in [0.2, 0.25) is 11.9 Å². The molecule has 116 valence electrons. The fourth-order valence-electron chi connectivity index (χ4n) is 2.43. The highest BCUT2D eigenvalue weighted by Gasteiger charge is 2.17. The first kappa shape index (κ1) is 15.7. The van der Waals surface area contributed by atoms with Crippen molar-refractivity contribution in [1.82, 2.24) is 20.6 Å². The number of anilines is 1. The number of nitrogens with one attached hydrogen (secondary N) is 2. The Morgan fingerprint density at radius 3 is 2.19 bits per heavy atom. The van der Waals surface area contributed by atoms with Crippen LogP contribution in [-0.2, 0) is 4.79 Å². The Morgan fingerprint density at radius 2 is 1.67 bits per heavy atom. The van der Waals surface area contributed by atoms with E-state index < -0.39 is 0 Å². The van der Waals surface area contributed by atoms with Crippen LogP contribution in [0.2, 0.25) is 0 Å². The van der Waals surface area contributed by atoms with Crippen molar-refractivity contribution < 1.29 is 4.79 Å². The van der Waals surface area contributed by atoms with Crippen LogP contribution in [-0.4, -0.2) is 55.1 Å². The van der Waals surface area contributed by atoms with Crippen molar-refractivity contribution >= 4 is 11.9 Å². The largest absolute Gasteiger partial charge is 0.369 e. The monoisotopic (exact) mass is 292 g/mol. The minimum atomic E-state index is -0.142. The van der Waals surface area contributed by atoms with Gasteiger partial charge in [0.25, 0.3) is 0 Å². The molecule has 2 fully saturated rings. The smallest absolute Gasteiger partial charge is 0.225 e. The van der Waals surface area contributed by atoms with E-state index in [0.717, 1.165) is 58.1 Å². The summed E-state index contributed by atoms with van der Waals surface area (Å²) >= 11 is 0. The molecule has 0 aromatic carbocycles. The minimum absolute atomic E-state index is 0.131. The number of hydrogen-bond acceptors (Lipinski definition) is 6. The Balaban J connectivity index is 0.000000161. The second kappa shape index (κ2) is 8.53. The van der Waals surface area contributed by atoms with Crippen LogP contribution >= 0.6 is 0 Å². The first-order chi connectivity index (χ1) is 10.3. The summed E-state index contributed by atoms with van der Waals surface area (Å²) in [4.78, 5) is 21.1. The van der Waals surface area contributed by atoms with Crippen LogP contribution in [0.1, 0.15) is 12.8 Å². The Morgan fingerprint density at radius 1 is 1.10 bits per heavy atom. The molecule has 0 spiro atoms. The van der Waals surface area contributed by atoms with Crippen molar-refractivity contribution in [3.8, 4) is 0 Å². The van der Waals surface area contributed by atoms with Crippen molar-refractivity contribution in [2.75, 3.05) is 44.2 Å². The SMILES string of the molecule is NC(=O)C1CCNCC1.c1cnc(N2CCNCC2)nc1. The first-order valence-electron chi connectivity index (χ1n) is 7.50. The molecule has 3 heterocycles. The molecule has 2 aliphatic rings. The third-order valence-corrected chi connectivity index (χ3v) is 3.69. The van der Waals surface area contributed by atoms with Gasteiger partial charge in [-0.3, -0.25) is 4.79 Å². The third-order valence-electron chi connectivity index (χ3n) is 3.69. The van der Waals surface area contributed by atoms with Gasteiger partial charge in [0, 0.05) is 44.5 Å². The van der Waals surface area contributed by atoms with Gasteiger partial charge in [-0.1, -0.05) is 0 Å². The number of carbonyl (C=O) groups is 1. The number of piperazine rings is 1. The van der Waals surface area contributed by atoms with E-state index in [9.17, 15) is 4.79 Å². The highest BCUT2D eigenvalue weighted by atomic mass is 16.1. The van der Waals surface area contributed by atoms with Gasteiger partial charge in [0.1, 0.15) is 0 Å². The van der Waals surface area contributed by atoms with E-state index in [2.05, 4.69) is 25.5 Å². The molecule has 7 heteroatoms. The van der Waals surface area contributed by atoms with E-state index in [-0.39, 0.29) is 11.8 Å². The lowest BCUT2D eigenvalue weighted by Crippen LogP contribution is -2.44. The summed E-state index contributed by atoms with van der Waals surface area (Å²) in [5, 5.41) is 6.45. The van der Waals surface area contributed by atoms with Gasteiger partial charge < -0.3 is 21.3 Å². The van der Waals surface area contributed by atoms with Crippen molar-refractivity contribution in [1.29, 1.82) is 0 Å². The van der Waals surface area contributed by atoms with Gasteiger partial charge in [-0.25, -0.2) is 9.97 Å². The summed E-state index contributed by atoms with van der Waals surface area (Å²) in [6, 6.07) is 1.84. The van der Waals surface area contributed by atoms with Crippen LogP contribution in [0.15, 0.2) is 18.5 Å². The normalized spacial score (nSPS) is 19.5. The molecule has 2 aliphatic heterocycles. The summed E-state index contributed by atoms with van der Waals surface area (Å²) in [5.74, 6) is 0.835. The Labute approximate surface area is 125 Å². The molecule has 2 saturated heterocycles. The van der Waals surface area contributed by atoms with Crippen LogP contribution in [0.25, 0.3) is 0 Å². The molecule has 3 rings (SSSR count). The van der Waals surface area contributed by atoms with E-state index in [0.29, 0.717) is 0 Å². The molecule has 1 aromatic heterocycles. The quantitative estimate of drug-likeness (QED) is 0.671. The lowest BCUT2D eigenvalue weighted by Gasteiger charge is -2.26. The molecule has 0 atom stereocenters. The second-order valence-electron chi connectivity index (χ2n) is 5.21. The zero-order valence-corrected chi connectivity index (χ0v) is 12.3. The van der Waals surface area contributed by atoms with E-state index in [1.165, 1.54) is 0 Å². The Kier molecular flexibility index (Phi) is 6.36. The molecule has 0 saturated carbocycles. The van der Waals surface area contributed by atoms with E-state index in [4.69, 9.17) is 5.73 Å². The lowest BCUT2D eigenvalue weighted by atomic mass is 9.98. The van der Waals surface area contributed by atoms with Crippen molar-refractivity contribution in [3.05, 3.63) is 18.5 Å². The molecule has 7 nitrogen and oxygen atoms in total. The summed E-state index contributed by atoms with van der Waals surface area (Å²) in [5.41, 5.74) is 5.10. The summed E-state index contributed by atoms with van der Waals surface area (Å²) in [7, 11) is 0. The standard InChI is InChI=1S/C8H12N4.C6H12N2O/c1-2-10-8(11-3-1)12-6-4-9-5-7-12;7-6(9)5-1-3-8-4-2-5/h1-3,9H,4-7H2;5,8H,1-4H2,(H2,7,9). The number of nitrogens with zero attached hydrogens (tertiary/aromatic N) is 3. The molecule has 4 N–H and O–H groups in total. The minimum Gasteiger partial charge on any atom is -0.369 e. The molecule has 0 aliphatic carbocycles. The number of piperidine rings is 1. The zero-order chi connectivity index (χ0) is 14.9. The molecule has 0 bridgehead atoms. The molecule has 1 aromatic rings. The summed E-state index contributed by atoms with van der Waals surface area (Å²) < 4.78 is 0. The number of carbonyl (C=O) groups excluding carboxylic acids is 1. The number of aromatic nitrogens is 2. The number of hydrogen-bond donors (Lipinski definition) is 3. The number of rotatable bonds is 2. The van der Waals surface area contributed by atoms with Gasteiger partial charge in [0.05, 0.1) is 0 Å². The Bertz CT molecular complexity index is 415. The van der Waals surface area contributed by atoms with Gasteiger partial charge in [-0.15, -0.1) is 0 Å². The van der Waals surface area contributed by atoms with Crippen LogP contribution in [0.5, 0.6) is 0 Å². The maximum absolute atomic E-state index is 10.5. The number of primary amides is 1. The molecular weight excluding hydrogens is 268 g/mol. The molecule has 0 radical (unpaired) electrons. The average molecular weight is 292 g/mol. The highest BCUT2D eigenvalue weighted by Crippen LogP contribution is 2.09. The summed E-state index contributed by atoms with van der Waals surface area (Å²) in [6.07, 6.45) is 5.39. The number of nitrogens with two attached hydrogens (primary N) is 1. The van der Waals surface area contributed by atoms with Crippen molar-refractivity contribution in [2.45, 2.75) is 12.8 Å². The first-order valence-corrected chi connectivity index (χ1v) is 7.50. The van der Waals surface area contributed by atoms with Crippen LogP contribution in [0.3, 0.4) is 0 Å². The van der Waals surface area contributed by atoms with E-state index >= 15 is 0 Å². The maximum Gasteiger partial charge on any atom is 0.225 e. The van der Waals surface area contributed by atoms with Crippen LogP contribution in [0.4, 0.5) is 5.95 Å². The molecule has 1 amide bonds. The highest BCUT2D eigenvalue weighted by molar-refractivity contribution is 5.76. The van der Waals surface area contributed by atoms with Gasteiger partial charge >= 0.3 is 0 Å². The fourth-order valence-corrected chi connectivity index (χ4v) is 2.43. The molecule has 0 unspecified atom stereocenters. The molecular formula is C14H24N6O. The predicted molar refractivity (Wildman–Crippen MR) is 81.9 cm³/mol. The van der Waals surface area contributed by atoms with Crippen LogP contribution < -0.4 is 21.3 Å². The topological polar surface area (TPSA) is 96.2 Å². The molecule has 21 heavy (non-hydrogen) atoms. The second-order valence-corrected chi connectivity index (χ2v) is 5.21. The number of amides is 1. The van der Waals surface area contributed by atoms with Crippen LogP contribution in [0, 0.1) is 5.92 Å². The fraction of sp³-hybridized carbons (Fsp3) is 0.643. The van der Waals surface area contributed by atoms with Gasteiger partial charge in [-0.2, -0.15) is 0 Å². The van der Waals surface area contributed by atoms with Gasteiger partial charge in [-0.05, 0) is 32.0 Å². The van der Waals surface area contributed by atoms with Crippen molar-refractivity contribution in [2.24, 2.45) is 11.7 Å². The van der Waals surface area contributed by atoms with E-state index in [1.807, 2.05) is 6.07 Å².